The SMILES string of the molecule is CCCNC(CCOC)Cc1ccccc1[N+](=O)[O-]. The Morgan fingerprint density at radius 1 is 1.42 bits per heavy atom. The number of nitro benzene ring substituents is 1. The van der Waals surface area contributed by atoms with E-state index >= 15 is 0 Å². The zero-order chi connectivity index (χ0) is 14.1. The maximum Gasteiger partial charge on any atom is 0.272 e. The van der Waals surface area contributed by atoms with Gasteiger partial charge in [-0.2, -0.15) is 0 Å². The smallest absolute Gasteiger partial charge is 0.272 e. The van der Waals surface area contributed by atoms with Crippen molar-refractivity contribution in [2.45, 2.75) is 32.2 Å². The van der Waals surface area contributed by atoms with Crippen LogP contribution in [0.25, 0.3) is 0 Å². The van der Waals surface area contributed by atoms with Crippen LogP contribution in [0.3, 0.4) is 0 Å². The van der Waals surface area contributed by atoms with Crippen LogP contribution < -0.4 is 5.32 Å². The minimum absolute atomic E-state index is 0.197. The third kappa shape index (κ3) is 5.36. The Morgan fingerprint density at radius 2 is 2.16 bits per heavy atom. The maximum absolute atomic E-state index is 11.0. The molecule has 0 aliphatic heterocycles. The van der Waals surface area contributed by atoms with Gasteiger partial charge in [0.05, 0.1) is 4.92 Å². The van der Waals surface area contributed by atoms with E-state index < -0.39 is 0 Å². The topological polar surface area (TPSA) is 64.4 Å². The molecule has 5 nitrogen and oxygen atoms in total. The molecule has 0 spiro atoms. The molecule has 0 fully saturated rings. The van der Waals surface area contributed by atoms with Crippen LogP contribution in [0.15, 0.2) is 24.3 Å². The van der Waals surface area contributed by atoms with E-state index in [2.05, 4.69) is 12.2 Å². The van der Waals surface area contributed by atoms with E-state index in [0.717, 1.165) is 24.9 Å². The van der Waals surface area contributed by atoms with Gasteiger partial charge in [-0.1, -0.05) is 25.1 Å². The van der Waals surface area contributed by atoms with Crippen LogP contribution in [0, 0.1) is 10.1 Å². The highest BCUT2D eigenvalue weighted by atomic mass is 16.6. The Balaban J connectivity index is 2.74. The van der Waals surface area contributed by atoms with Crippen molar-refractivity contribution in [3.63, 3.8) is 0 Å². The van der Waals surface area contributed by atoms with Crippen LogP contribution in [0.4, 0.5) is 5.69 Å². The molecule has 0 saturated carbocycles. The quantitative estimate of drug-likeness (QED) is 0.551. The van der Waals surface area contributed by atoms with Gasteiger partial charge in [-0.25, -0.2) is 0 Å². The molecule has 1 aromatic carbocycles. The first-order valence-corrected chi connectivity index (χ1v) is 6.63. The fourth-order valence-corrected chi connectivity index (χ4v) is 2.01. The molecule has 1 unspecified atom stereocenters. The van der Waals surface area contributed by atoms with Gasteiger partial charge in [0.1, 0.15) is 0 Å². The number of hydrogen-bond donors (Lipinski definition) is 1. The normalized spacial score (nSPS) is 12.3. The van der Waals surface area contributed by atoms with Crippen LogP contribution >= 0.6 is 0 Å². The van der Waals surface area contributed by atoms with Crippen LogP contribution in [0.1, 0.15) is 25.3 Å². The maximum atomic E-state index is 11.0. The monoisotopic (exact) mass is 266 g/mol. The molecule has 0 amide bonds. The van der Waals surface area contributed by atoms with E-state index in [1.54, 1.807) is 19.2 Å². The van der Waals surface area contributed by atoms with Crippen molar-refractivity contribution >= 4 is 5.69 Å². The molecule has 5 heteroatoms. The van der Waals surface area contributed by atoms with Gasteiger partial charge in [-0.15, -0.1) is 0 Å². The van der Waals surface area contributed by atoms with E-state index in [1.807, 2.05) is 12.1 Å². The molecular weight excluding hydrogens is 244 g/mol. The summed E-state index contributed by atoms with van der Waals surface area (Å²) in [5, 5.41) is 14.4. The molecule has 1 atom stereocenters. The minimum atomic E-state index is -0.317. The summed E-state index contributed by atoms with van der Waals surface area (Å²) in [5.41, 5.74) is 0.973. The Labute approximate surface area is 114 Å². The Hall–Kier alpha value is -1.46. The zero-order valence-electron chi connectivity index (χ0n) is 11.6. The van der Waals surface area contributed by atoms with Crippen molar-refractivity contribution in [1.82, 2.24) is 5.32 Å². The molecule has 0 aromatic heterocycles. The molecule has 0 saturated heterocycles. The minimum Gasteiger partial charge on any atom is -0.385 e. The van der Waals surface area contributed by atoms with Gasteiger partial charge in [0, 0.05) is 31.4 Å². The average Bonchev–Trinajstić information content (AvgIpc) is 2.42. The molecule has 19 heavy (non-hydrogen) atoms. The first-order chi connectivity index (χ1) is 9.19. The number of nitrogens with one attached hydrogen (secondary N) is 1. The highest BCUT2D eigenvalue weighted by molar-refractivity contribution is 5.40. The number of para-hydroxylation sites is 1. The van der Waals surface area contributed by atoms with Crippen molar-refractivity contribution in [2.24, 2.45) is 0 Å². The molecule has 1 aromatic rings. The second kappa shape index (κ2) is 8.61. The number of benzene rings is 1. The summed E-state index contributed by atoms with van der Waals surface area (Å²) in [5.74, 6) is 0. The van der Waals surface area contributed by atoms with Gasteiger partial charge in [0.2, 0.25) is 0 Å². The summed E-state index contributed by atoms with van der Waals surface area (Å²) in [7, 11) is 1.67. The molecule has 0 bridgehead atoms. The van der Waals surface area contributed by atoms with E-state index in [1.165, 1.54) is 0 Å². The fraction of sp³-hybridized carbons (Fsp3) is 0.571. The van der Waals surface area contributed by atoms with Crippen molar-refractivity contribution in [1.29, 1.82) is 0 Å². The lowest BCUT2D eigenvalue weighted by atomic mass is 10.0. The predicted octanol–water partition coefficient (Wildman–Crippen LogP) is 2.54. The van der Waals surface area contributed by atoms with Gasteiger partial charge in [-0.05, 0) is 25.8 Å². The number of nitro groups is 1. The Morgan fingerprint density at radius 3 is 2.79 bits per heavy atom. The summed E-state index contributed by atoms with van der Waals surface area (Å²) < 4.78 is 5.09. The van der Waals surface area contributed by atoms with Gasteiger partial charge < -0.3 is 10.1 Å². The van der Waals surface area contributed by atoms with Gasteiger partial charge in [-0.3, -0.25) is 10.1 Å². The molecule has 0 radical (unpaired) electrons. The second-order valence-corrected chi connectivity index (χ2v) is 4.52. The molecule has 106 valence electrons. The number of methoxy groups -OCH3 is 1. The molecule has 0 aliphatic rings. The third-order valence-electron chi connectivity index (χ3n) is 3.01. The molecule has 1 rings (SSSR count). The lowest BCUT2D eigenvalue weighted by molar-refractivity contribution is -0.385. The molecular formula is C14H22N2O3. The fourth-order valence-electron chi connectivity index (χ4n) is 2.01. The highest BCUT2D eigenvalue weighted by Gasteiger charge is 2.16. The van der Waals surface area contributed by atoms with E-state index in [9.17, 15) is 10.1 Å². The van der Waals surface area contributed by atoms with Crippen LogP contribution in [0.2, 0.25) is 0 Å². The summed E-state index contributed by atoms with van der Waals surface area (Å²) in [6.45, 7) is 3.67. The van der Waals surface area contributed by atoms with Crippen molar-refractivity contribution in [3.8, 4) is 0 Å². The highest BCUT2D eigenvalue weighted by Crippen LogP contribution is 2.20. The van der Waals surface area contributed by atoms with Crippen LogP contribution in [-0.2, 0) is 11.2 Å². The molecule has 0 aliphatic carbocycles. The summed E-state index contributed by atoms with van der Waals surface area (Å²) >= 11 is 0. The van der Waals surface area contributed by atoms with Crippen molar-refractivity contribution < 1.29 is 9.66 Å². The van der Waals surface area contributed by atoms with Crippen molar-refractivity contribution in [2.75, 3.05) is 20.3 Å². The van der Waals surface area contributed by atoms with Gasteiger partial charge in [0.25, 0.3) is 5.69 Å². The second-order valence-electron chi connectivity index (χ2n) is 4.52. The number of nitrogens with zero attached hydrogens (tertiary/aromatic N) is 1. The average molecular weight is 266 g/mol. The number of hydrogen-bond acceptors (Lipinski definition) is 4. The largest absolute Gasteiger partial charge is 0.385 e. The van der Waals surface area contributed by atoms with E-state index in [-0.39, 0.29) is 16.7 Å². The van der Waals surface area contributed by atoms with Gasteiger partial charge >= 0.3 is 0 Å². The zero-order valence-corrected chi connectivity index (χ0v) is 11.6. The van der Waals surface area contributed by atoms with E-state index in [0.29, 0.717) is 13.0 Å². The van der Waals surface area contributed by atoms with E-state index in [4.69, 9.17) is 4.74 Å². The first kappa shape index (κ1) is 15.6. The number of ether oxygens (including phenoxy) is 1. The summed E-state index contributed by atoms with van der Waals surface area (Å²) in [6.07, 6.45) is 2.55. The van der Waals surface area contributed by atoms with Gasteiger partial charge in [0.15, 0.2) is 0 Å². The van der Waals surface area contributed by atoms with Crippen LogP contribution in [-0.4, -0.2) is 31.2 Å². The number of rotatable bonds is 9. The Bertz CT molecular complexity index is 388. The lowest BCUT2D eigenvalue weighted by Gasteiger charge is -2.18. The standard InChI is InChI=1S/C14H22N2O3/c1-3-9-15-13(8-10-19-2)11-12-6-4-5-7-14(12)16(17)18/h4-7,13,15H,3,8-11H2,1-2H3. The first-order valence-electron chi connectivity index (χ1n) is 6.63. The summed E-state index contributed by atoms with van der Waals surface area (Å²) in [6, 6.07) is 7.13. The van der Waals surface area contributed by atoms with Crippen molar-refractivity contribution in [3.05, 3.63) is 39.9 Å². The Kier molecular flexibility index (Phi) is 7.07. The molecule has 1 N–H and O–H groups in total. The molecule has 0 heterocycles. The predicted molar refractivity (Wildman–Crippen MR) is 75.4 cm³/mol. The van der Waals surface area contributed by atoms with Crippen LogP contribution in [0.5, 0.6) is 0 Å². The lowest BCUT2D eigenvalue weighted by Crippen LogP contribution is -2.33. The summed E-state index contributed by atoms with van der Waals surface area (Å²) in [4.78, 5) is 10.7. The third-order valence-corrected chi connectivity index (χ3v) is 3.01.